The highest BCUT2D eigenvalue weighted by Crippen LogP contribution is 2.12. The third-order valence-electron chi connectivity index (χ3n) is 2.75. The average Bonchev–Trinajstić information content (AvgIpc) is 2.17. The van der Waals surface area contributed by atoms with Crippen LogP contribution in [0.15, 0.2) is 0 Å². The molecule has 14 heavy (non-hydrogen) atoms. The van der Waals surface area contributed by atoms with E-state index in [0.717, 1.165) is 6.42 Å². The molecule has 0 radical (unpaired) electrons. The molecule has 1 amide bonds. The fourth-order valence-electron chi connectivity index (χ4n) is 1.73. The highest BCUT2D eigenvalue weighted by atomic mass is 19.3. The highest BCUT2D eigenvalue weighted by Gasteiger charge is 2.30. The topological polar surface area (TPSA) is 23.6 Å². The Morgan fingerprint density at radius 2 is 2.14 bits per heavy atom. The molecule has 1 heterocycles. The molecule has 0 aliphatic carbocycles. The van der Waals surface area contributed by atoms with Gasteiger partial charge >= 0.3 is 6.43 Å². The lowest BCUT2D eigenvalue weighted by molar-refractivity contribution is -0.145. The summed E-state index contributed by atoms with van der Waals surface area (Å²) in [6, 6.07) is 0.214. The van der Waals surface area contributed by atoms with Gasteiger partial charge in [-0.1, -0.05) is 6.92 Å². The van der Waals surface area contributed by atoms with E-state index in [4.69, 9.17) is 0 Å². The van der Waals surface area contributed by atoms with Crippen molar-refractivity contribution in [1.82, 2.24) is 9.80 Å². The lowest BCUT2D eigenvalue weighted by atomic mass is 10.1. The van der Waals surface area contributed by atoms with Gasteiger partial charge in [0.05, 0.1) is 0 Å². The van der Waals surface area contributed by atoms with Crippen molar-refractivity contribution in [2.24, 2.45) is 0 Å². The molecule has 0 aromatic carbocycles. The Balaban J connectivity index is 2.54. The molecule has 1 aliphatic heterocycles. The van der Waals surface area contributed by atoms with Crippen LogP contribution in [0, 0.1) is 0 Å². The fourth-order valence-corrected chi connectivity index (χ4v) is 1.73. The van der Waals surface area contributed by atoms with Crippen molar-refractivity contribution >= 4 is 5.91 Å². The van der Waals surface area contributed by atoms with E-state index in [1.54, 1.807) is 0 Å². The molecule has 1 saturated heterocycles. The van der Waals surface area contributed by atoms with Crippen molar-refractivity contribution in [1.29, 1.82) is 0 Å². The lowest BCUT2D eigenvalue weighted by Crippen LogP contribution is -2.54. The van der Waals surface area contributed by atoms with Crippen LogP contribution in [0.25, 0.3) is 0 Å². The summed E-state index contributed by atoms with van der Waals surface area (Å²) < 4.78 is 24.3. The molecule has 0 N–H and O–H groups in total. The number of rotatable bonds is 2. The van der Waals surface area contributed by atoms with Crippen molar-refractivity contribution < 1.29 is 13.6 Å². The highest BCUT2D eigenvalue weighted by molar-refractivity contribution is 5.79. The van der Waals surface area contributed by atoms with Gasteiger partial charge in [-0.3, -0.25) is 9.69 Å². The first-order chi connectivity index (χ1) is 6.56. The van der Waals surface area contributed by atoms with Crippen LogP contribution in [0.5, 0.6) is 0 Å². The number of amides is 1. The standard InChI is InChI=1S/C9H16F2N2O/c1-3-7-6-13(5-4-12(7)2)9(14)8(10)11/h7-8H,3-6H2,1-2H3. The Morgan fingerprint density at radius 1 is 1.50 bits per heavy atom. The Bertz CT molecular complexity index is 211. The van der Waals surface area contributed by atoms with E-state index < -0.39 is 12.3 Å². The number of piperazine rings is 1. The van der Waals surface area contributed by atoms with E-state index in [9.17, 15) is 13.6 Å². The third-order valence-corrected chi connectivity index (χ3v) is 2.75. The maximum Gasteiger partial charge on any atom is 0.315 e. The van der Waals surface area contributed by atoms with Crippen molar-refractivity contribution in [2.75, 3.05) is 26.7 Å². The van der Waals surface area contributed by atoms with Crippen LogP contribution in [0.3, 0.4) is 0 Å². The molecule has 3 nitrogen and oxygen atoms in total. The summed E-state index contributed by atoms with van der Waals surface area (Å²) in [5.41, 5.74) is 0. The zero-order chi connectivity index (χ0) is 10.7. The number of carbonyl (C=O) groups is 1. The maximum absolute atomic E-state index is 12.1. The van der Waals surface area contributed by atoms with Crippen molar-refractivity contribution in [3.63, 3.8) is 0 Å². The van der Waals surface area contributed by atoms with Crippen molar-refractivity contribution in [2.45, 2.75) is 25.8 Å². The van der Waals surface area contributed by atoms with Gasteiger partial charge in [0.25, 0.3) is 5.91 Å². The monoisotopic (exact) mass is 206 g/mol. The zero-order valence-electron chi connectivity index (χ0n) is 8.54. The van der Waals surface area contributed by atoms with Gasteiger partial charge in [0.15, 0.2) is 0 Å². The van der Waals surface area contributed by atoms with E-state index >= 15 is 0 Å². The molecule has 1 atom stereocenters. The number of halogens is 2. The summed E-state index contributed by atoms with van der Waals surface area (Å²) in [6.45, 7) is 3.51. The molecular formula is C9H16F2N2O. The number of hydrogen-bond acceptors (Lipinski definition) is 2. The molecule has 0 aromatic heterocycles. The summed E-state index contributed by atoms with van der Waals surface area (Å²) in [4.78, 5) is 14.4. The zero-order valence-corrected chi connectivity index (χ0v) is 8.54. The summed E-state index contributed by atoms with van der Waals surface area (Å²) in [6.07, 6.45) is -1.99. The largest absolute Gasteiger partial charge is 0.335 e. The van der Waals surface area contributed by atoms with Gasteiger partial charge in [-0.05, 0) is 13.5 Å². The van der Waals surface area contributed by atoms with Gasteiger partial charge in [-0.15, -0.1) is 0 Å². The molecule has 0 saturated carbocycles. The van der Waals surface area contributed by atoms with Gasteiger partial charge in [0.2, 0.25) is 0 Å². The Labute approximate surface area is 82.7 Å². The van der Waals surface area contributed by atoms with E-state index in [2.05, 4.69) is 4.90 Å². The smallest absolute Gasteiger partial charge is 0.315 e. The normalized spacial score (nSPS) is 24.4. The van der Waals surface area contributed by atoms with Crippen LogP contribution in [0.4, 0.5) is 8.78 Å². The second kappa shape index (κ2) is 4.68. The minimum absolute atomic E-state index is 0.214. The Hall–Kier alpha value is -0.710. The lowest BCUT2D eigenvalue weighted by Gasteiger charge is -2.38. The molecule has 1 rings (SSSR count). The van der Waals surface area contributed by atoms with Crippen LogP contribution in [0.2, 0.25) is 0 Å². The van der Waals surface area contributed by atoms with Gasteiger partial charge < -0.3 is 4.90 Å². The first-order valence-electron chi connectivity index (χ1n) is 4.83. The molecule has 1 unspecified atom stereocenters. The molecule has 1 aliphatic rings. The second-order valence-electron chi connectivity index (χ2n) is 3.63. The van der Waals surface area contributed by atoms with Crippen LogP contribution >= 0.6 is 0 Å². The molecule has 0 aromatic rings. The SMILES string of the molecule is CCC1CN(C(=O)C(F)F)CCN1C. The van der Waals surface area contributed by atoms with Gasteiger partial charge in [0.1, 0.15) is 0 Å². The Kier molecular flexibility index (Phi) is 3.80. The van der Waals surface area contributed by atoms with Crippen LogP contribution in [-0.4, -0.2) is 54.9 Å². The second-order valence-corrected chi connectivity index (χ2v) is 3.63. The van der Waals surface area contributed by atoms with Crippen molar-refractivity contribution in [3.8, 4) is 0 Å². The van der Waals surface area contributed by atoms with Gasteiger partial charge in [-0.25, -0.2) is 0 Å². The first-order valence-corrected chi connectivity index (χ1v) is 4.83. The molecule has 82 valence electrons. The summed E-state index contributed by atoms with van der Waals surface area (Å²) in [7, 11) is 1.96. The predicted molar refractivity (Wildman–Crippen MR) is 49.3 cm³/mol. The van der Waals surface area contributed by atoms with Crippen LogP contribution in [0.1, 0.15) is 13.3 Å². The minimum atomic E-state index is -2.86. The number of likely N-dealkylation sites (N-methyl/N-ethyl adjacent to an activating group) is 1. The maximum atomic E-state index is 12.1. The Morgan fingerprint density at radius 3 is 2.64 bits per heavy atom. The van der Waals surface area contributed by atoms with Crippen molar-refractivity contribution in [3.05, 3.63) is 0 Å². The summed E-state index contributed by atoms with van der Waals surface area (Å²) in [5, 5.41) is 0. The quantitative estimate of drug-likeness (QED) is 0.667. The number of nitrogens with zero attached hydrogens (tertiary/aromatic N) is 2. The molecule has 0 bridgehead atoms. The average molecular weight is 206 g/mol. The van der Waals surface area contributed by atoms with Crippen LogP contribution in [-0.2, 0) is 4.79 Å². The molecule has 0 spiro atoms. The first kappa shape index (κ1) is 11.4. The minimum Gasteiger partial charge on any atom is -0.335 e. The summed E-state index contributed by atoms with van der Waals surface area (Å²) in [5.74, 6) is -1.03. The van der Waals surface area contributed by atoms with Gasteiger partial charge in [0, 0.05) is 25.7 Å². The van der Waals surface area contributed by atoms with E-state index in [0.29, 0.717) is 19.6 Å². The van der Waals surface area contributed by atoms with E-state index in [1.807, 2.05) is 14.0 Å². The molecule has 1 fully saturated rings. The number of carbonyl (C=O) groups excluding carboxylic acids is 1. The predicted octanol–water partition coefficient (Wildman–Crippen LogP) is 0.804. The number of hydrogen-bond donors (Lipinski definition) is 0. The van der Waals surface area contributed by atoms with Gasteiger partial charge in [-0.2, -0.15) is 8.78 Å². The fraction of sp³-hybridized carbons (Fsp3) is 0.889. The number of alkyl halides is 2. The third kappa shape index (κ3) is 2.41. The molecule has 5 heteroatoms. The van der Waals surface area contributed by atoms with E-state index in [-0.39, 0.29) is 6.04 Å². The summed E-state index contributed by atoms with van der Waals surface area (Å²) >= 11 is 0. The van der Waals surface area contributed by atoms with E-state index in [1.165, 1.54) is 4.90 Å². The molecular weight excluding hydrogens is 190 g/mol. The van der Waals surface area contributed by atoms with Crippen LogP contribution < -0.4 is 0 Å².